The van der Waals surface area contributed by atoms with E-state index in [1.165, 1.54) is 11.3 Å². The number of aromatic nitrogens is 3. The van der Waals surface area contributed by atoms with E-state index >= 15 is 0 Å². The normalized spacial score (nSPS) is 16.7. The molecule has 1 amide bonds. The Morgan fingerprint density at radius 2 is 1.93 bits per heavy atom. The zero-order valence-electron chi connectivity index (χ0n) is 15.5. The van der Waals surface area contributed by atoms with Crippen LogP contribution in [0.3, 0.4) is 0 Å². The summed E-state index contributed by atoms with van der Waals surface area (Å²) in [6.45, 7) is 6.51. The van der Waals surface area contributed by atoms with Gasteiger partial charge in [-0.1, -0.05) is 48.6 Å². The maximum absolute atomic E-state index is 11.7. The number of piperazine rings is 1. The van der Waals surface area contributed by atoms with E-state index in [0.717, 1.165) is 35.8 Å². The van der Waals surface area contributed by atoms with E-state index in [9.17, 15) is 9.90 Å². The number of aromatic hydroxyl groups is 1. The third-order valence-corrected chi connectivity index (χ3v) is 6.12. The number of amides is 1. The molecule has 0 aliphatic carbocycles. The van der Waals surface area contributed by atoms with Gasteiger partial charge in [-0.15, -0.1) is 5.10 Å². The van der Waals surface area contributed by atoms with Crippen molar-refractivity contribution in [2.45, 2.75) is 26.3 Å². The van der Waals surface area contributed by atoms with Gasteiger partial charge in [0.1, 0.15) is 0 Å². The average Bonchev–Trinajstić information content (AvgIpc) is 3.23. The summed E-state index contributed by atoms with van der Waals surface area (Å²) in [6, 6.07) is 10.1. The van der Waals surface area contributed by atoms with Crippen LogP contribution in [0.5, 0.6) is 5.88 Å². The molecule has 3 heterocycles. The van der Waals surface area contributed by atoms with Gasteiger partial charge in [0.2, 0.25) is 16.7 Å². The van der Waals surface area contributed by atoms with Crippen molar-refractivity contribution < 1.29 is 9.90 Å². The molecule has 4 rings (SSSR count). The standard InChI is InChI=1S/C19H23N5O2S/c1-3-15-20-19-24(21-15)18(26)17(27-19)16(14-7-5-4-6-8-14)23-11-9-22(10-12-23)13(2)25/h4-8,16,26H,3,9-12H2,1-2H3/t16-/m0/s1. The predicted octanol–water partition coefficient (Wildman–Crippen LogP) is 2.31. The highest BCUT2D eigenvalue weighted by molar-refractivity contribution is 7.17. The summed E-state index contributed by atoms with van der Waals surface area (Å²) in [5.74, 6) is 0.999. The predicted molar refractivity (Wildman–Crippen MR) is 104 cm³/mol. The van der Waals surface area contributed by atoms with Crippen molar-refractivity contribution in [2.75, 3.05) is 26.2 Å². The van der Waals surface area contributed by atoms with Crippen LogP contribution in [0.1, 0.15) is 36.2 Å². The highest BCUT2D eigenvalue weighted by Crippen LogP contribution is 2.40. The minimum atomic E-state index is -0.0844. The molecule has 0 saturated carbocycles. The van der Waals surface area contributed by atoms with Crippen molar-refractivity contribution in [3.63, 3.8) is 0 Å². The molecule has 1 aliphatic heterocycles. The number of rotatable bonds is 4. The van der Waals surface area contributed by atoms with E-state index in [0.29, 0.717) is 18.1 Å². The SMILES string of the molecule is CCc1nc2sc([C@H](c3ccccc3)N3CCN(C(C)=O)CC3)c(O)n2n1. The van der Waals surface area contributed by atoms with Gasteiger partial charge >= 0.3 is 0 Å². The van der Waals surface area contributed by atoms with Crippen molar-refractivity contribution in [2.24, 2.45) is 0 Å². The van der Waals surface area contributed by atoms with Crippen molar-refractivity contribution >= 4 is 22.2 Å². The Balaban J connectivity index is 1.72. The second-order valence-corrected chi connectivity index (χ2v) is 7.73. The average molecular weight is 385 g/mol. The van der Waals surface area contributed by atoms with E-state index in [1.807, 2.05) is 30.0 Å². The van der Waals surface area contributed by atoms with E-state index < -0.39 is 0 Å². The largest absolute Gasteiger partial charge is 0.492 e. The van der Waals surface area contributed by atoms with Gasteiger partial charge < -0.3 is 10.0 Å². The lowest BCUT2D eigenvalue weighted by Crippen LogP contribution is -2.49. The second kappa shape index (κ2) is 7.28. The van der Waals surface area contributed by atoms with Crippen LogP contribution in [0.2, 0.25) is 0 Å². The van der Waals surface area contributed by atoms with Crippen molar-refractivity contribution in [3.8, 4) is 5.88 Å². The zero-order chi connectivity index (χ0) is 19.0. The van der Waals surface area contributed by atoms with Crippen LogP contribution in [0.25, 0.3) is 4.96 Å². The summed E-state index contributed by atoms with van der Waals surface area (Å²) >= 11 is 1.48. The fourth-order valence-electron chi connectivity index (χ4n) is 3.58. The van der Waals surface area contributed by atoms with Crippen molar-refractivity contribution in [3.05, 3.63) is 46.6 Å². The lowest BCUT2D eigenvalue weighted by Gasteiger charge is -2.38. The number of benzene rings is 1. The number of hydrogen-bond donors (Lipinski definition) is 1. The Morgan fingerprint density at radius 3 is 2.52 bits per heavy atom. The molecule has 1 saturated heterocycles. The molecule has 1 atom stereocenters. The van der Waals surface area contributed by atoms with Crippen LogP contribution < -0.4 is 0 Å². The minimum Gasteiger partial charge on any atom is -0.492 e. The Hall–Kier alpha value is -2.45. The molecule has 1 N–H and O–H groups in total. The molecule has 0 bridgehead atoms. The molecule has 0 unspecified atom stereocenters. The lowest BCUT2D eigenvalue weighted by atomic mass is 10.0. The smallest absolute Gasteiger partial charge is 0.230 e. The first-order chi connectivity index (χ1) is 13.1. The molecule has 0 radical (unpaired) electrons. The Kier molecular flexibility index (Phi) is 4.84. The Morgan fingerprint density at radius 1 is 1.22 bits per heavy atom. The van der Waals surface area contributed by atoms with Gasteiger partial charge in [-0.2, -0.15) is 4.52 Å². The molecule has 3 aromatic rings. The Bertz CT molecular complexity index is 944. The number of carbonyl (C=O) groups is 1. The minimum absolute atomic E-state index is 0.0844. The second-order valence-electron chi connectivity index (χ2n) is 6.72. The van der Waals surface area contributed by atoms with Gasteiger partial charge in [-0.05, 0) is 5.56 Å². The van der Waals surface area contributed by atoms with Gasteiger partial charge in [-0.3, -0.25) is 9.69 Å². The molecule has 1 aromatic carbocycles. The Labute approximate surface area is 161 Å². The fourth-order valence-corrected chi connectivity index (χ4v) is 4.71. The van der Waals surface area contributed by atoms with Gasteiger partial charge in [0.15, 0.2) is 5.82 Å². The van der Waals surface area contributed by atoms with Gasteiger partial charge in [0.05, 0.1) is 10.9 Å². The fraction of sp³-hybridized carbons (Fsp3) is 0.421. The number of nitrogens with zero attached hydrogens (tertiary/aromatic N) is 5. The summed E-state index contributed by atoms with van der Waals surface area (Å²) in [6.07, 6.45) is 0.734. The summed E-state index contributed by atoms with van der Waals surface area (Å²) in [7, 11) is 0. The highest BCUT2D eigenvalue weighted by atomic mass is 32.1. The topological polar surface area (TPSA) is 74.0 Å². The molecule has 8 heteroatoms. The maximum atomic E-state index is 11.7. The molecule has 1 aliphatic rings. The quantitative estimate of drug-likeness (QED) is 0.746. The number of hydrogen-bond acceptors (Lipinski definition) is 6. The van der Waals surface area contributed by atoms with Crippen LogP contribution in [-0.4, -0.2) is 61.6 Å². The number of aryl methyl sites for hydroxylation is 1. The van der Waals surface area contributed by atoms with E-state index in [1.54, 1.807) is 11.4 Å². The molecule has 142 valence electrons. The lowest BCUT2D eigenvalue weighted by molar-refractivity contribution is -0.130. The first-order valence-electron chi connectivity index (χ1n) is 9.20. The van der Waals surface area contributed by atoms with Crippen molar-refractivity contribution in [1.82, 2.24) is 24.4 Å². The van der Waals surface area contributed by atoms with E-state index in [2.05, 4.69) is 27.1 Å². The molecule has 1 fully saturated rings. The monoisotopic (exact) mass is 385 g/mol. The number of carbonyl (C=O) groups excluding carboxylic acids is 1. The van der Waals surface area contributed by atoms with Crippen LogP contribution in [0.4, 0.5) is 0 Å². The van der Waals surface area contributed by atoms with Crippen LogP contribution in [0.15, 0.2) is 30.3 Å². The maximum Gasteiger partial charge on any atom is 0.230 e. The summed E-state index contributed by atoms with van der Waals surface area (Å²) in [5, 5.41) is 15.3. The van der Waals surface area contributed by atoms with Gasteiger partial charge in [-0.25, -0.2) is 4.98 Å². The van der Waals surface area contributed by atoms with Gasteiger partial charge in [0, 0.05) is 39.5 Å². The zero-order valence-corrected chi connectivity index (χ0v) is 16.3. The summed E-state index contributed by atoms with van der Waals surface area (Å²) in [5.41, 5.74) is 1.12. The first-order valence-corrected chi connectivity index (χ1v) is 10.0. The first kappa shape index (κ1) is 17.9. The highest BCUT2D eigenvalue weighted by Gasteiger charge is 2.32. The summed E-state index contributed by atoms with van der Waals surface area (Å²) in [4.78, 5) is 21.9. The number of fused-ring (bicyclic) bond motifs is 1. The molecular formula is C19H23N5O2S. The van der Waals surface area contributed by atoms with E-state index in [4.69, 9.17) is 0 Å². The van der Waals surface area contributed by atoms with Crippen LogP contribution in [-0.2, 0) is 11.2 Å². The van der Waals surface area contributed by atoms with Gasteiger partial charge in [0.25, 0.3) is 0 Å². The third kappa shape index (κ3) is 3.30. The third-order valence-electron chi connectivity index (χ3n) is 5.05. The molecule has 2 aromatic heterocycles. The van der Waals surface area contributed by atoms with Crippen LogP contribution >= 0.6 is 11.3 Å². The van der Waals surface area contributed by atoms with Crippen molar-refractivity contribution in [1.29, 1.82) is 0 Å². The number of thiazole rings is 1. The molecule has 7 nitrogen and oxygen atoms in total. The van der Waals surface area contributed by atoms with Crippen LogP contribution in [0, 0.1) is 0 Å². The molecule has 0 spiro atoms. The molecule has 27 heavy (non-hydrogen) atoms. The summed E-state index contributed by atoms with van der Waals surface area (Å²) < 4.78 is 1.54. The van der Waals surface area contributed by atoms with E-state index in [-0.39, 0.29) is 17.8 Å². The molecular weight excluding hydrogens is 362 g/mol.